The molecule has 0 saturated heterocycles. The first kappa shape index (κ1) is 15.6. The number of amides is 1. The third-order valence-electron chi connectivity index (χ3n) is 4.28. The van der Waals surface area contributed by atoms with E-state index in [0.717, 1.165) is 27.7 Å². The van der Waals surface area contributed by atoms with Crippen molar-refractivity contribution in [3.8, 4) is 0 Å². The fraction of sp³-hybridized carbons (Fsp3) is 0.211. The smallest absolute Gasteiger partial charge is 0.234 e. The second kappa shape index (κ2) is 5.74. The minimum absolute atomic E-state index is 0.0624. The van der Waals surface area contributed by atoms with Crippen LogP contribution < -0.4 is 5.32 Å². The minimum atomic E-state index is -0.672. The maximum atomic E-state index is 12.9. The first-order chi connectivity index (χ1) is 10.9. The number of aromatic amines is 1. The number of hydrogen-bond donors (Lipinski definition) is 2. The van der Waals surface area contributed by atoms with Gasteiger partial charge in [0.15, 0.2) is 0 Å². The van der Waals surface area contributed by atoms with Gasteiger partial charge < -0.3 is 10.3 Å². The van der Waals surface area contributed by atoms with Crippen LogP contribution in [0.1, 0.15) is 25.0 Å². The van der Waals surface area contributed by atoms with Crippen LogP contribution in [-0.4, -0.2) is 10.9 Å². The van der Waals surface area contributed by atoms with Crippen LogP contribution in [0.15, 0.2) is 48.7 Å². The Kier molecular flexibility index (Phi) is 3.90. The molecule has 0 aliphatic rings. The predicted molar refractivity (Wildman–Crippen MR) is 96.1 cm³/mol. The number of aromatic nitrogens is 1. The van der Waals surface area contributed by atoms with Crippen LogP contribution in [0, 0.1) is 6.92 Å². The summed E-state index contributed by atoms with van der Waals surface area (Å²) in [5, 5.41) is 4.68. The fourth-order valence-electron chi connectivity index (χ4n) is 2.72. The summed E-state index contributed by atoms with van der Waals surface area (Å²) >= 11 is 6.04. The lowest BCUT2D eigenvalue weighted by atomic mass is 9.83. The van der Waals surface area contributed by atoms with E-state index in [0.29, 0.717) is 5.02 Å². The van der Waals surface area contributed by atoms with Crippen LogP contribution in [0.3, 0.4) is 0 Å². The molecule has 0 atom stereocenters. The Morgan fingerprint density at radius 3 is 2.70 bits per heavy atom. The molecule has 1 aromatic heterocycles. The van der Waals surface area contributed by atoms with E-state index in [2.05, 4.69) is 10.3 Å². The maximum Gasteiger partial charge on any atom is 0.234 e. The van der Waals surface area contributed by atoms with E-state index in [1.165, 1.54) is 0 Å². The van der Waals surface area contributed by atoms with E-state index >= 15 is 0 Å². The zero-order chi connectivity index (χ0) is 16.6. The lowest BCUT2D eigenvalue weighted by Crippen LogP contribution is -2.34. The molecule has 2 N–H and O–H groups in total. The van der Waals surface area contributed by atoms with Gasteiger partial charge in [-0.05, 0) is 50.1 Å². The van der Waals surface area contributed by atoms with Crippen molar-refractivity contribution in [3.05, 3.63) is 64.8 Å². The van der Waals surface area contributed by atoms with Crippen molar-refractivity contribution in [1.29, 1.82) is 0 Å². The molecular formula is C19H19ClN2O. The second-order valence-electron chi connectivity index (χ2n) is 6.29. The Morgan fingerprint density at radius 2 is 1.91 bits per heavy atom. The molecule has 118 valence electrons. The number of carbonyl (C=O) groups excluding carboxylic acids is 1. The van der Waals surface area contributed by atoms with Crippen LogP contribution in [0.2, 0.25) is 5.02 Å². The summed E-state index contributed by atoms with van der Waals surface area (Å²) in [4.78, 5) is 16.1. The van der Waals surface area contributed by atoms with Gasteiger partial charge >= 0.3 is 0 Å². The first-order valence-corrected chi connectivity index (χ1v) is 7.91. The molecule has 4 heteroatoms. The average Bonchev–Trinajstić information content (AvgIpc) is 2.95. The third kappa shape index (κ3) is 2.84. The number of H-pyrrole nitrogens is 1. The highest BCUT2D eigenvalue weighted by Crippen LogP contribution is 2.32. The standard InChI is InChI=1S/C19H19ClN2O/c1-12-8-9-13(20)10-17(12)22-18(23)19(2,3)15-11-21-16-7-5-4-6-14(15)16/h4-11,21H,1-3H3,(H,22,23). The van der Waals surface area contributed by atoms with Crippen molar-refractivity contribution in [2.75, 3.05) is 5.32 Å². The number of para-hydroxylation sites is 1. The van der Waals surface area contributed by atoms with E-state index in [-0.39, 0.29) is 5.91 Å². The Hall–Kier alpha value is -2.26. The summed E-state index contributed by atoms with van der Waals surface area (Å²) in [7, 11) is 0. The molecule has 23 heavy (non-hydrogen) atoms. The monoisotopic (exact) mass is 326 g/mol. The molecule has 0 aliphatic carbocycles. The Balaban J connectivity index is 1.95. The number of rotatable bonds is 3. The molecule has 1 amide bonds. The highest BCUT2D eigenvalue weighted by molar-refractivity contribution is 6.31. The summed E-state index contributed by atoms with van der Waals surface area (Å²) < 4.78 is 0. The summed E-state index contributed by atoms with van der Waals surface area (Å²) in [6, 6.07) is 13.5. The zero-order valence-electron chi connectivity index (χ0n) is 13.4. The van der Waals surface area contributed by atoms with Crippen molar-refractivity contribution in [2.45, 2.75) is 26.2 Å². The van der Waals surface area contributed by atoms with Crippen molar-refractivity contribution < 1.29 is 4.79 Å². The predicted octanol–water partition coefficient (Wildman–Crippen LogP) is 5.05. The van der Waals surface area contributed by atoms with Crippen molar-refractivity contribution in [2.24, 2.45) is 0 Å². The zero-order valence-corrected chi connectivity index (χ0v) is 14.2. The van der Waals surface area contributed by atoms with Gasteiger partial charge in [0.1, 0.15) is 0 Å². The molecule has 0 radical (unpaired) electrons. The lowest BCUT2D eigenvalue weighted by Gasteiger charge is -2.24. The normalized spacial score (nSPS) is 11.7. The molecule has 3 rings (SSSR count). The highest BCUT2D eigenvalue weighted by atomic mass is 35.5. The molecule has 0 spiro atoms. The minimum Gasteiger partial charge on any atom is -0.361 e. The first-order valence-electron chi connectivity index (χ1n) is 7.54. The summed E-state index contributed by atoms with van der Waals surface area (Å²) in [6.07, 6.45) is 1.91. The van der Waals surface area contributed by atoms with Gasteiger partial charge in [0.2, 0.25) is 5.91 Å². The van der Waals surface area contributed by atoms with Crippen LogP contribution in [0.4, 0.5) is 5.69 Å². The summed E-state index contributed by atoms with van der Waals surface area (Å²) in [5.74, 6) is -0.0624. The van der Waals surface area contributed by atoms with Gasteiger partial charge in [-0.3, -0.25) is 4.79 Å². The number of hydrogen-bond acceptors (Lipinski definition) is 1. The molecule has 0 unspecified atom stereocenters. The number of fused-ring (bicyclic) bond motifs is 1. The number of carbonyl (C=O) groups is 1. The quantitative estimate of drug-likeness (QED) is 0.695. The molecule has 0 aliphatic heterocycles. The van der Waals surface area contributed by atoms with E-state index < -0.39 is 5.41 Å². The van der Waals surface area contributed by atoms with E-state index in [9.17, 15) is 4.79 Å². The molecule has 0 saturated carbocycles. The number of halogens is 1. The van der Waals surface area contributed by atoms with Crippen molar-refractivity contribution >= 4 is 34.1 Å². The van der Waals surface area contributed by atoms with Gasteiger partial charge in [-0.2, -0.15) is 0 Å². The number of anilines is 1. The molecule has 3 nitrogen and oxygen atoms in total. The molecular weight excluding hydrogens is 308 g/mol. The highest BCUT2D eigenvalue weighted by Gasteiger charge is 2.32. The molecule has 1 heterocycles. The Morgan fingerprint density at radius 1 is 1.17 bits per heavy atom. The lowest BCUT2D eigenvalue weighted by molar-refractivity contribution is -0.120. The van der Waals surface area contributed by atoms with Gasteiger partial charge in [-0.25, -0.2) is 0 Å². The third-order valence-corrected chi connectivity index (χ3v) is 4.51. The van der Waals surface area contributed by atoms with Crippen LogP contribution >= 0.6 is 11.6 Å². The number of aryl methyl sites for hydroxylation is 1. The second-order valence-corrected chi connectivity index (χ2v) is 6.72. The van der Waals surface area contributed by atoms with Gasteiger partial charge in [0.05, 0.1) is 5.41 Å². The summed E-state index contributed by atoms with van der Waals surface area (Å²) in [6.45, 7) is 5.81. The average molecular weight is 327 g/mol. The van der Waals surface area contributed by atoms with Crippen LogP contribution in [-0.2, 0) is 10.2 Å². The van der Waals surface area contributed by atoms with Crippen molar-refractivity contribution in [3.63, 3.8) is 0 Å². The Bertz CT molecular complexity index is 880. The molecule has 2 aromatic carbocycles. The fourth-order valence-corrected chi connectivity index (χ4v) is 2.89. The van der Waals surface area contributed by atoms with E-state index in [4.69, 9.17) is 11.6 Å². The van der Waals surface area contributed by atoms with Gasteiger partial charge in [-0.15, -0.1) is 0 Å². The SMILES string of the molecule is Cc1ccc(Cl)cc1NC(=O)C(C)(C)c1c[nH]c2ccccc12. The largest absolute Gasteiger partial charge is 0.361 e. The van der Waals surface area contributed by atoms with E-state index in [1.54, 1.807) is 6.07 Å². The number of benzene rings is 2. The van der Waals surface area contributed by atoms with Gasteiger partial charge in [0, 0.05) is 27.8 Å². The number of nitrogens with one attached hydrogen (secondary N) is 2. The van der Waals surface area contributed by atoms with Crippen LogP contribution in [0.5, 0.6) is 0 Å². The molecule has 3 aromatic rings. The van der Waals surface area contributed by atoms with Gasteiger partial charge in [-0.1, -0.05) is 35.9 Å². The van der Waals surface area contributed by atoms with Gasteiger partial charge in [0.25, 0.3) is 0 Å². The van der Waals surface area contributed by atoms with Crippen molar-refractivity contribution in [1.82, 2.24) is 4.98 Å². The van der Waals surface area contributed by atoms with E-state index in [1.807, 2.05) is 63.4 Å². The molecule has 0 bridgehead atoms. The topological polar surface area (TPSA) is 44.9 Å². The Labute approximate surface area is 140 Å². The molecule has 0 fully saturated rings. The maximum absolute atomic E-state index is 12.9. The summed E-state index contributed by atoms with van der Waals surface area (Å²) in [5.41, 5.74) is 3.06. The van der Waals surface area contributed by atoms with Crippen LogP contribution in [0.25, 0.3) is 10.9 Å².